The molecule has 2 aromatic carbocycles. The molecule has 0 aliphatic carbocycles. The van der Waals surface area contributed by atoms with Crippen molar-refractivity contribution in [2.45, 2.75) is 12.6 Å². The van der Waals surface area contributed by atoms with Gasteiger partial charge in [-0.2, -0.15) is 5.10 Å². The second-order valence-corrected chi connectivity index (χ2v) is 7.37. The van der Waals surface area contributed by atoms with Gasteiger partial charge >= 0.3 is 6.03 Å². The lowest BCUT2D eigenvalue weighted by Gasteiger charge is -2.27. The second-order valence-electron chi connectivity index (χ2n) is 7.37. The van der Waals surface area contributed by atoms with Crippen LogP contribution in [0.25, 0.3) is 22.2 Å². The summed E-state index contributed by atoms with van der Waals surface area (Å²) in [7, 11) is 0. The number of nitrogens with zero attached hydrogens (tertiary/aromatic N) is 3. The minimum absolute atomic E-state index is 0.251. The lowest BCUT2D eigenvalue weighted by Crippen LogP contribution is -2.43. The van der Waals surface area contributed by atoms with Crippen molar-refractivity contribution in [2.75, 3.05) is 18.4 Å². The molecule has 0 unspecified atom stereocenters. The lowest BCUT2D eigenvalue weighted by atomic mass is 10.1. The Labute approximate surface area is 174 Å². The van der Waals surface area contributed by atoms with E-state index in [0.717, 1.165) is 46.5 Å². The number of hydrogen-bond donors (Lipinski definition) is 3. The number of hydrogen-bond acceptors (Lipinski definition) is 4. The lowest BCUT2D eigenvalue weighted by molar-refractivity contribution is 0.251. The molecule has 0 saturated carbocycles. The Kier molecular flexibility index (Phi) is 4.86. The van der Waals surface area contributed by atoms with E-state index in [-0.39, 0.29) is 6.03 Å². The van der Waals surface area contributed by atoms with Gasteiger partial charge < -0.3 is 16.0 Å². The molecule has 3 heterocycles. The summed E-state index contributed by atoms with van der Waals surface area (Å²) in [5.74, 6) is 0. The highest BCUT2D eigenvalue weighted by Gasteiger charge is 2.23. The number of carbonyl (C=O) groups excluding carboxylic acids is 1. The topological polar surface area (TPSA) is 83.9 Å². The van der Waals surface area contributed by atoms with Crippen LogP contribution in [0, 0.1) is 0 Å². The Hall–Kier alpha value is -3.71. The highest BCUT2D eigenvalue weighted by atomic mass is 16.2. The number of pyridine rings is 1. The first-order valence-corrected chi connectivity index (χ1v) is 10.00. The smallest absolute Gasteiger partial charge is 0.319 e. The third kappa shape index (κ3) is 3.62. The molecule has 1 aliphatic heterocycles. The van der Waals surface area contributed by atoms with E-state index in [0.29, 0.717) is 12.6 Å². The number of amides is 2. The number of para-hydroxylation sites is 1. The summed E-state index contributed by atoms with van der Waals surface area (Å²) < 4.78 is 2.12. The Bertz CT molecular complexity index is 1170. The number of nitrogens with one attached hydrogen (secondary N) is 3. The van der Waals surface area contributed by atoms with E-state index >= 15 is 0 Å². The number of aromatic nitrogens is 3. The summed E-state index contributed by atoms with van der Waals surface area (Å²) in [5, 5.41) is 15.1. The van der Waals surface area contributed by atoms with Gasteiger partial charge in [0.1, 0.15) is 5.69 Å². The molecule has 150 valence electrons. The molecule has 7 nitrogen and oxygen atoms in total. The third-order valence-electron chi connectivity index (χ3n) is 5.31. The van der Waals surface area contributed by atoms with Crippen molar-refractivity contribution in [1.82, 2.24) is 25.4 Å². The zero-order valence-corrected chi connectivity index (χ0v) is 16.4. The largest absolute Gasteiger partial charge is 0.334 e. The highest BCUT2D eigenvalue weighted by Crippen LogP contribution is 2.31. The Balaban J connectivity index is 1.31. The molecule has 2 amide bonds. The molecule has 7 heteroatoms. The minimum Gasteiger partial charge on any atom is -0.334 e. The summed E-state index contributed by atoms with van der Waals surface area (Å²) in [6.45, 7) is 2.32. The van der Waals surface area contributed by atoms with E-state index in [4.69, 9.17) is 5.10 Å². The predicted molar refractivity (Wildman–Crippen MR) is 117 cm³/mol. The molecule has 4 aromatic rings. The quantitative estimate of drug-likeness (QED) is 0.480. The zero-order chi connectivity index (χ0) is 20.3. The molecular formula is C23H22N6O. The predicted octanol–water partition coefficient (Wildman–Crippen LogP) is 3.56. The van der Waals surface area contributed by atoms with Crippen LogP contribution in [-0.2, 0) is 6.54 Å². The summed E-state index contributed by atoms with van der Waals surface area (Å²) in [4.78, 5) is 16.2. The molecule has 5 rings (SSSR count). The van der Waals surface area contributed by atoms with E-state index in [1.807, 2.05) is 48.5 Å². The van der Waals surface area contributed by atoms with Crippen molar-refractivity contribution in [3.63, 3.8) is 0 Å². The van der Waals surface area contributed by atoms with Crippen molar-refractivity contribution in [3.8, 4) is 11.3 Å². The third-order valence-corrected chi connectivity index (χ3v) is 5.31. The Morgan fingerprint density at radius 1 is 1.07 bits per heavy atom. The first-order valence-electron chi connectivity index (χ1n) is 10.00. The first-order chi connectivity index (χ1) is 14.8. The Morgan fingerprint density at radius 3 is 2.63 bits per heavy atom. The van der Waals surface area contributed by atoms with Crippen molar-refractivity contribution in [2.24, 2.45) is 0 Å². The standard InChI is InChI=1S/C23H22N6O/c30-23(26-13-16-4-3-11-24-12-16)27-18-9-7-17(8-10-18)22-20-5-1-2-6-21(20)29(28-22)19-14-25-15-19/h1-12,19,25H,13-15H2,(H2,26,27,30). The van der Waals surface area contributed by atoms with E-state index in [1.165, 1.54) is 0 Å². The second kappa shape index (κ2) is 7.96. The molecule has 3 N–H and O–H groups in total. The summed E-state index contributed by atoms with van der Waals surface area (Å²) in [6, 6.07) is 20.0. The molecular weight excluding hydrogens is 376 g/mol. The van der Waals surface area contributed by atoms with Gasteiger partial charge in [0.15, 0.2) is 0 Å². The van der Waals surface area contributed by atoms with Gasteiger partial charge in [0.05, 0.1) is 11.6 Å². The van der Waals surface area contributed by atoms with E-state index < -0.39 is 0 Å². The molecule has 0 bridgehead atoms. The summed E-state index contributed by atoms with van der Waals surface area (Å²) in [6.07, 6.45) is 3.44. The van der Waals surface area contributed by atoms with E-state index in [9.17, 15) is 4.79 Å². The van der Waals surface area contributed by atoms with Crippen LogP contribution in [0.2, 0.25) is 0 Å². The van der Waals surface area contributed by atoms with Gasteiger partial charge in [0, 0.05) is 48.7 Å². The fraction of sp³-hybridized carbons (Fsp3) is 0.174. The van der Waals surface area contributed by atoms with Crippen molar-refractivity contribution in [3.05, 3.63) is 78.6 Å². The van der Waals surface area contributed by atoms with Crippen LogP contribution in [-0.4, -0.2) is 33.9 Å². The molecule has 1 saturated heterocycles. The van der Waals surface area contributed by atoms with Crippen molar-refractivity contribution < 1.29 is 4.79 Å². The van der Waals surface area contributed by atoms with E-state index in [2.05, 4.69) is 37.7 Å². The highest BCUT2D eigenvalue weighted by molar-refractivity contribution is 5.94. The van der Waals surface area contributed by atoms with Gasteiger partial charge in [-0.25, -0.2) is 4.79 Å². The number of rotatable bonds is 5. The SMILES string of the molecule is O=C(NCc1cccnc1)Nc1ccc(-c2nn(C3CNC3)c3ccccc23)cc1. The van der Waals surface area contributed by atoms with Gasteiger partial charge in [0.2, 0.25) is 0 Å². The van der Waals surface area contributed by atoms with Gasteiger partial charge in [-0.1, -0.05) is 36.4 Å². The normalized spacial score (nSPS) is 13.7. The van der Waals surface area contributed by atoms with Gasteiger partial charge in [0.25, 0.3) is 0 Å². The molecule has 1 aliphatic rings. The molecule has 0 radical (unpaired) electrons. The van der Waals surface area contributed by atoms with Crippen molar-refractivity contribution >= 4 is 22.6 Å². The average Bonchev–Trinajstić information content (AvgIpc) is 3.12. The van der Waals surface area contributed by atoms with E-state index in [1.54, 1.807) is 12.4 Å². The van der Waals surface area contributed by atoms with Gasteiger partial charge in [-0.3, -0.25) is 9.67 Å². The van der Waals surface area contributed by atoms with Crippen LogP contribution in [0.4, 0.5) is 10.5 Å². The number of fused-ring (bicyclic) bond motifs is 1. The first kappa shape index (κ1) is 18.3. The molecule has 1 fully saturated rings. The minimum atomic E-state index is -0.251. The summed E-state index contributed by atoms with van der Waals surface area (Å²) in [5.41, 5.74) is 4.82. The monoisotopic (exact) mass is 398 g/mol. The fourth-order valence-electron chi connectivity index (χ4n) is 3.60. The molecule has 30 heavy (non-hydrogen) atoms. The van der Waals surface area contributed by atoms with Gasteiger partial charge in [-0.15, -0.1) is 0 Å². The van der Waals surface area contributed by atoms with Crippen LogP contribution in [0.3, 0.4) is 0 Å². The molecule has 0 spiro atoms. The number of urea groups is 1. The van der Waals surface area contributed by atoms with Crippen molar-refractivity contribution in [1.29, 1.82) is 0 Å². The number of benzene rings is 2. The number of anilines is 1. The maximum Gasteiger partial charge on any atom is 0.319 e. The van der Waals surface area contributed by atoms with Crippen LogP contribution in [0.15, 0.2) is 73.1 Å². The molecule has 0 atom stereocenters. The van der Waals surface area contributed by atoms with Crippen LogP contribution < -0.4 is 16.0 Å². The molecule has 2 aromatic heterocycles. The van der Waals surface area contributed by atoms with Crippen LogP contribution >= 0.6 is 0 Å². The van der Waals surface area contributed by atoms with Gasteiger partial charge in [-0.05, 0) is 29.8 Å². The maximum atomic E-state index is 12.2. The Morgan fingerprint density at radius 2 is 1.90 bits per heavy atom. The fourth-order valence-corrected chi connectivity index (χ4v) is 3.60. The number of carbonyl (C=O) groups is 1. The average molecular weight is 398 g/mol. The summed E-state index contributed by atoms with van der Waals surface area (Å²) >= 11 is 0. The van der Waals surface area contributed by atoms with Crippen LogP contribution in [0.5, 0.6) is 0 Å². The zero-order valence-electron chi connectivity index (χ0n) is 16.4. The van der Waals surface area contributed by atoms with Crippen LogP contribution in [0.1, 0.15) is 11.6 Å². The maximum absolute atomic E-state index is 12.2.